The van der Waals surface area contributed by atoms with Gasteiger partial charge in [0, 0.05) is 22.0 Å². The van der Waals surface area contributed by atoms with Crippen molar-refractivity contribution >= 4 is 28.8 Å². The van der Waals surface area contributed by atoms with Gasteiger partial charge in [0.2, 0.25) is 0 Å². The number of benzene rings is 1. The molecule has 0 bridgehead atoms. The van der Waals surface area contributed by atoms with Crippen LogP contribution in [0.25, 0.3) is 0 Å². The Morgan fingerprint density at radius 2 is 2.29 bits per heavy atom. The zero-order chi connectivity index (χ0) is 15.0. The summed E-state index contributed by atoms with van der Waals surface area (Å²) in [4.78, 5) is 18.5. The number of carbonyl (C=O) groups is 1. The predicted molar refractivity (Wildman–Crippen MR) is 81.2 cm³/mol. The van der Waals surface area contributed by atoms with Crippen LogP contribution in [0.5, 0.6) is 0 Å². The Kier molecular flexibility index (Phi) is 3.95. The van der Waals surface area contributed by atoms with Crippen LogP contribution in [0, 0.1) is 12.7 Å². The molecule has 1 aromatic carbocycles. The quantitative estimate of drug-likeness (QED) is 0.850. The maximum absolute atomic E-state index is 13.9. The van der Waals surface area contributed by atoms with E-state index in [0.717, 1.165) is 17.8 Å². The van der Waals surface area contributed by atoms with Gasteiger partial charge in [-0.25, -0.2) is 9.37 Å². The third-order valence-corrected chi connectivity index (χ3v) is 4.60. The van der Waals surface area contributed by atoms with Crippen molar-refractivity contribution < 1.29 is 9.18 Å². The molecule has 2 aromatic rings. The number of thiazole rings is 1. The van der Waals surface area contributed by atoms with Gasteiger partial charge in [-0.2, -0.15) is 0 Å². The molecule has 6 heteroatoms. The Morgan fingerprint density at radius 3 is 2.86 bits per heavy atom. The Bertz CT molecular complexity index is 664. The van der Waals surface area contributed by atoms with Gasteiger partial charge in [0.25, 0.3) is 5.91 Å². The second-order valence-corrected chi connectivity index (χ2v) is 6.59. The number of aryl methyl sites for hydroxylation is 1. The lowest BCUT2D eigenvalue weighted by molar-refractivity contribution is 0.0723. The minimum atomic E-state index is -0.379. The van der Waals surface area contributed by atoms with E-state index in [0.29, 0.717) is 16.3 Å². The van der Waals surface area contributed by atoms with E-state index < -0.39 is 0 Å². The zero-order valence-electron chi connectivity index (χ0n) is 11.5. The number of hydrogen-bond donors (Lipinski definition) is 0. The van der Waals surface area contributed by atoms with E-state index in [2.05, 4.69) is 4.98 Å². The summed E-state index contributed by atoms with van der Waals surface area (Å²) in [5.74, 6) is -0.531. The van der Waals surface area contributed by atoms with Gasteiger partial charge in [0.15, 0.2) is 0 Å². The largest absolute Gasteiger partial charge is 0.330 e. The molecule has 1 amide bonds. The molecule has 0 atom stereocenters. The summed E-state index contributed by atoms with van der Waals surface area (Å²) in [5.41, 5.74) is 0.795. The third kappa shape index (κ3) is 3.09. The van der Waals surface area contributed by atoms with Crippen molar-refractivity contribution in [2.75, 3.05) is 0 Å². The fourth-order valence-corrected chi connectivity index (χ4v) is 3.02. The van der Waals surface area contributed by atoms with Crippen LogP contribution in [0.3, 0.4) is 0 Å². The van der Waals surface area contributed by atoms with Gasteiger partial charge in [-0.1, -0.05) is 17.7 Å². The summed E-state index contributed by atoms with van der Waals surface area (Å²) in [6.07, 6.45) is 1.89. The number of amides is 1. The monoisotopic (exact) mass is 324 g/mol. The molecule has 1 aromatic heterocycles. The van der Waals surface area contributed by atoms with Crippen LogP contribution in [-0.2, 0) is 6.54 Å². The second kappa shape index (κ2) is 5.73. The van der Waals surface area contributed by atoms with Crippen LogP contribution >= 0.6 is 22.9 Å². The summed E-state index contributed by atoms with van der Waals surface area (Å²) in [6.45, 7) is 2.04. The Balaban J connectivity index is 1.87. The van der Waals surface area contributed by atoms with E-state index in [4.69, 9.17) is 11.6 Å². The van der Waals surface area contributed by atoms with Crippen LogP contribution in [0.15, 0.2) is 23.6 Å². The summed E-state index contributed by atoms with van der Waals surface area (Å²) in [6, 6.07) is 4.73. The van der Waals surface area contributed by atoms with Gasteiger partial charge in [0.1, 0.15) is 11.5 Å². The average Bonchev–Trinajstić information content (AvgIpc) is 3.19. The summed E-state index contributed by atoms with van der Waals surface area (Å²) >= 11 is 7.50. The first-order chi connectivity index (χ1) is 10.1. The second-order valence-electron chi connectivity index (χ2n) is 5.12. The molecule has 0 radical (unpaired) electrons. The van der Waals surface area contributed by atoms with E-state index >= 15 is 0 Å². The SMILES string of the molecule is Cc1nc(C(=O)N(Cc2c(F)cccc2Cl)C2CC2)cs1. The predicted octanol–water partition coefficient (Wildman–Crippen LogP) is 4.05. The van der Waals surface area contributed by atoms with E-state index in [1.165, 1.54) is 17.4 Å². The number of rotatable bonds is 4. The highest BCUT2D eigenvalue weighted by Crippen LogP contribution is 2.32. The highest BCUT2D eigenvalue weighted by atomic mass is 35.5. The van der Waals surface area contributed by atoms with Crippen molar-refractivity contribution in [3.63, 3.8) is 0 Å². The molecular weight excluding hydrogens is 311 g/mol. The summed E-state index contributed by atoms with van der Waals surface area (Å²) < 4.78 is 13.9. The number of nitrogens with zero attached hydrogens (tertiary/aromatic N) is 2. The lowest BCUT2D eigenvalue weighted by atomic mass is 10.2. The first-order valence-electron chi connectivity index (χ1n) is 6.72. The minimum absolute atomic E-state index is 0.152. The van der Waals surface area contributed by atoms with E-state index in [1.54, 1.807) is 22.4 Å². The molecule has 1 saturated carbocycles. The highest BCUT2D eigenvalue weighted by molar-refractivity contribution is 7.09. The topological polar surface area (TPSA) is 33.2 Å². The van der Waals surface area contributed by atoms with Crippen molar-refractivity contribution in [2.24, 2.45) is 0 Å². The van der Waals surface area contributed by atoms with E-state index in [-0.39, 0.29) is 24.3 Å². The number of carbonyl (C=O) groups excluding carboxylic acids is 1. The standard InChI is InChI=1S/C15H14ClFN2OS/c1-9-18-14(8-21-9)15(20)19(10-5-6-10)7-11-12(16)3-2-4-13(11)17/h2-4,8,10H,5-7H2,1H3. The fourth-order valence-electron chi connectivity index (χ4n) is 2.22. The molecule has 1 aliphatic rings. The van der Waals surface area contributed by atoms with Gasteiger partial charge in [-0.15, -0.1) is 11.3 Å². The molecule has 0 spiro atoms. The van der Waals surface area contributed by atoms with Crippen molar-refractivity contribution in [3.8, 4) is 0 Å². The molecule has 0 saturated heterocycles. The molecule has 21 heavy (non-hydrogen) atoms. The van der Waals surface area contributed by atoms with E-state index in [9.17, 15) is 9.18 Å². The van der Waals surface area contributed by atoms with Gasteiger partial charge in [0.05, 0.1) is 11.6 Å². The molecule has 0 aliphatic heterocycles. The van der Waals surface area contributed by atoms with Crippen LogP contribution in [0.1, 0.15) is 33.9 Å². The van der Waals surface area contributed by atoms with Crippen molar-refractivity contribution in [1.29, 1.82) is 0 Å². The van der Waals surface area contributed by atoms with Crippen LogP contribution in [-0.4, -0.2) is 21.8 Å². The maximum Gasteiger partial charge on any atom is 0.273 e. The van der Waals surface area contributed by atoms with Gasteiger partial charge >= 0.3 is 0 Å². The first-order valence-corrected chi connectivity index (χ1v) is 7.98. The number of hydrogen-bond acceptors (Lipinski definition) is 3. The lowest BCUT2D eigenvalue weighted by Crippen LogP contribution is -2.33. The molecule has 0 unspecified atom stereocenters. The summed E-state index contributed by atoms with van der Waals surface area (Å²) in [7, 11) is 0. The van der Waals surface area contributed by atoms with Gasteiger partial charge in [-0.05, 0) is 31.9 Å². The van der Waals surface area contributed by atoms with E-state index in [1.807, 2.05) is 6.92 Å². The number of halogens is 2. The normalized spacial score (nSPS) is 14.2. The molecule has 3 rings (SSSR count). The molecule has 1 fully saturated rings. The van der Waals surface area contributed by atoms with Crippen molar-refractivity contribution in [1.82, 2.24) is 9.88 Å². The minimum Gasteiger partial charge on any atom is -0.330 e. The van der Waals surface area contributed by atoms with Crippen LogP contribution in [0.2, 0.25) is 5.02 Å². The summed E-state index contributed by atoms with van der Waals surface area (Å²) in [5, 5.41) is 2.94. The number of aromatic nitrogens is 1. The average molecular weight is 325 g/mol. The smallest absolute Gasteiger partial charge is 0.273 e. The van der Waals surface area contributed by atoms with Gasteiger partial charge in [-0.3, -0.25) is 4.79 Å². The lowest BCUT2D eigenvalue weighted by Gasteiger charge is -2.22. The van der Waals surface area contributed by atoms with Gasteiger partial charge < -0.3 is 4.90 Å². The first kappa shape index (κ1) is 14.5. The Labute approximate surface area is 131 Å². The Morgan fingerprint density at radius 1 is 1.52 bits per heavy atom. The van der Waals surface area contributed by atoms with Crippen LogP contribution < -0.4 is 0 Å². The zero-order valence-corrected chi connectivity index (χ0v) is 13.0. The van der Waals surface area contributed by atoms with Crippen molar-refractivity contribution in [3.05, 3.63) is 50.7 Å². The third-order valence-electron chi connectivity index (χ3n) is 3.48. The molecule has 1 heterocycles. The molecule has 1 aliphatic carbocycles. The highest BCUT2D eigenvalue weighted by Gasteiger charge is 2.34. The fraction of sp³-hybridized carbons (Fsp3) is 0.333. The van der Waals surface area contributed by atoms with Crippen molar-refractivity contribution in [2.45, 2.75) is 32.4 Å². The molecule has 3 nitrogen and oxygen atoms in total. The Hall–Kier alpha value is -1.46. The maximum atomic E-state index is 13.9. The molecular formula is C15H14ClFN2OS. The molecule has 0 N–H and O–H groups in total. The van der Waals surface area contributed by atoms with Crippen LogP contribution in [0.4, 0.5) is 4.39 Å². The molecule has 110 valence electrons.